The van der Waals surface area contributed by atoms with Crippen LogP contribution in [0.5, 0.6) is 0 Å². The fraction of sp³-hybridized carbons (Fsp3) is 0. The standard InChI is InChI=1S/C18H12Cl2N2O3S/c19-15-7-4-11(9-14(15)17-3-1-2-8-21-17)22-18(23)13-6-5-12(26(24)25)10-16(13)20/h1-10,26H,(H,22,23). The molecule has 0 bridgehead atoms. The summed E-state index contributed by atoms with van der Waals surface area (Å²) in [6.45, 7) is 0. The van der Waals surface area contributed by atoms with E-state index in [-0.39, 0.29) is 15.5 Å². The van der Waals surface area contributed by atoms with E-state index < -0.39 is 16.6 Å². The van der Waals surface area contributed by atoms with Crippen LogP contribution in [-0.4, -0.2) is 19.3 Å². The van der Waals surface area contributed by atoms with Gasteiger partial charge in [-0.2, -0.15) is 0 Å². The number of pyridine rings is 1. The van der Waals surface area contributed by atoms with Crippen molar-refractivity contribution in [1.29, 1.82) is 0 Å². The van der Waals surface area contributed by atoms with Crippen molar-refractivity contribution in [2.24, 2.45) is 0 Å². The van der Waals surface area contributed by atoms with Gasteiger partial charge < -0.3 is 5.32 Å². The highest BCUT2D eigenvalue weighted by Crippen LogP contribution is 2.29. The number of anilines is 1. The number of thiol groups is 1. The molecule has 5 nitrogen and oxygen atoms in total. The number of nitrogens with zero attached hydrogens (tertiary/aromatic N) is 1. The minimum atomic E-state index is -2.76. The lowest BCUT2D eigenvalue weighted by Gasteiger charge is -2.10. The normalized spacial score (nSPS) is 10.7. The Morgan fingerprint density at radius 3 is 2.42 bits per heavy atom. The van der Waals surface area contributed by atoms with Crippen LogP contribution in [0, 0.1) is 0 Å². The lowest BCUT2D eigenvalue weighted by molar-refractivity contribution is 0.102. The number of hydrogen-bond acceptors (Lipinski definition) is 4. The molecule has 1 aromatic heterocycles. The van der Waals surface area contributed by atoms with Gasteiger partial charge in [-0.05, 0) is 48.5 Å². The van der Waals surface area contributed by atoms with E-state index in [1.165, 1.54) is 18.2 Å². The molecule has 1 amide bonds. The SMILES string of the molecule is O=C(Nc1ccc(Cl)c(-c2ccccn2)c1)c1ccc([SH](=O)=O)cc1Cl. The second-order valence-electron chi connectivity index (χ2n) is 5.28. The molecule has 8 heteroatoms. The zero-order chi connectivity index (χ0) is 18.7. The number of amides is 1. The number of benzene rings is 2. The van der Waals surface area contributed by atoms with Gasteiger partial charge in [0.05, 0.1) is 26.2 Å². The van der Waals surface area contributed by atoms with Gasteiger partial charge in [-0.1, -0.05) is 29.3 Å². The maximum absolute atomic E-state index is 12.5. The molecular formula is C18H12Cl2N2O3S. The number of halogens is 2. The predicted octanol–water partition coefficient (Wildman–Crippen LogP) is 4.28. The number of carbonyl (C=O) groups is 1. The van der Waals surface area contributed by atoms with Gasteiger partial charge in [0.15, 0.2) is 10.7 Å². The van der Waals surface area contributed by atoms with Gasteiger partial charge in [0.25, 0.3) is 5.91 Å². The molecule has 0 aliphatic heterocycles. The van der Waals surface area contributed by atoms with E-state index >= 15 is 0 Å². The first-order valence-electron chi connectivity index (χ1n) is 7.42. The highest BCUT2D eigenvalue weighted by molar-refractivity contribution is 7.72. The minimum absolute atomic E-state index is 0.0467. The molecule has 1 N–H and O–H groups in total. The third-order valence-electron chi connectivity index (χ3n) is 3.57. The van der Waals surface area contributed by atoms with Crippen LogP contribution in [0.2, 0.25) is 10.0 Å². The summed E-state index contributed by atoms with van der Waals surface area (Å²) in [6, 6.07) is 14.4. The van der Waals surface area contributed by atoms with Gasteiger partial charge in [-0.25, -0.2) is 8.42 Å². The molecule has 0 fully saturated rings. The molecule has 2 aromatic carbocycles. The van der Waals surface area contributed by atoms with E-state index in [1.54, 1.807) is 30.5 Å². The Morgan fingerprint density at radius 2 is 1.77 bits per heavy atom. The van der Waals surface area contributed by atoms with Gasteiger partial charge in [0.1, 0.15) is 0 Å². The first-order chi connectivity index (χ1) is 12.5. The largest absolute Gasteiger partial charge is 0.322 e. The van der Waals surface area contributed by atoms with Gasteiger partial charge in [0.2, 0.25) is 0 Å². The summed E-state index contributed by atoms with van der Waals surface area (Å²) in [5.74, 6) is -0.461. The second kappa shape index (κ2) is 7.86. The van der Waals surface area contributed by atoms with Crippen molar-refractivity contribution in [3.05, 3.63) is 76.4 Å². The van der Waals surface area contributed by atoms with E-state index in [1.807, 2.05) is 12.1 Å². The molecule has 0 unspecified atom stereocenters. The van der Waals surface area contributed by atoms with Crippen molar-refractivity contribution in [3.63, 3.8) is 0 Å². The molecule has 0 atom stereocenters. The fourth-order valence-corrected chi connectivity index (χ4v) is 3.31. The van der Waals surface area contributed by atoms with E-state index in [0.717, 1.165) is 0 Å². The van der Waals surface area contributed by atoms with E-state index in [2.05, 4.69) is 10.3 Å². The summed E-state index contributed by atoms with van der Waals surface area (Å²) in [5.41, 5.74) is 2.03. The third-order valence-corrected chi connectivity index (χ3v) is 4.92. The number of rotatable bonds is 4. The molecule has 26 heavy (non-hydrogen) atoms. The van der Waals surface area contributed by atoms with E-state index in [4.69, 9.17) is 23.2 Å². The average Bonchev–Trinajstić information content (AvgIpc) is 2.63. The summed E-state index contributed by atoms with van der Waals surface area (Å²) in [6.07, 6.45) is 1.65. The van der Waals surface area contributed by atoms with Crippen LogP contribution in [0.4, 0.5) is 5.69 Å². The molecule has 1 heterocycles. The third kappa shape index (κ3) is 4.04. The topological polar surface area (TPSA) is 76.1 Å². The van der Waals surface area contributed by atoms with Crippen LogP contribution >= 0.6 is 23.2 Å². The Bertz CT molecular complexity index is 1050. The predicted molar refractivity (Wildman–Crippen MR) is 103 cm³/mol. The summed E-state index contributed by atoms with van der Waals surface area (Å²) in [5, 5.41) is 3.28. The quantitative estimate of drug-likeness (QED) is 0.633. The Kier molecular flexibility index (Phi) is 5.56. The van der Waals surface area contributed by atoms with Gasteiger partial charge in [0, 0.05) is 17.4 Å². The van der Waals surface area contributed by atoms with Crippen LogP contribution in [0.25, 0.3) is 11.3 Å². The molecule has 132 valence electrons. The number of carbonyl (C=O) groups excluding carboxylic acids is 1. The summed E-state index contributed by atoms with van der Waals surface area (Å²) < 4.78 is 22.0. The molecule has 0 aliphatic rings. The van der Waals surface area contributed by atoms with Crippen molar-refractivity contribution in [3.8, 4) is 11.3 Å². The molecule has 0 radical (unpaired) electrons. The summed E-state index contributed by atoms with van der Waals surface area (Å²) in [7, 11) is -2.76. The summed E-state index contributed by atoms with van der Waals surface area (Å²) >= 11 is 12.3. The monoisotopic (exact) mass is 406 g/mol. The molecular weight excluding hydrogens is 395 g/mol. The van der Waals surface area contributed by atoms with Crippen LogP contribution < -0.4 is 5.32 Å². The van der Waals surface area contributed by atoms with Crippen molar-refractivity contribution in [2.45, 2.75) is 4.90 Å². The van der Waals surface area contributed by atoms with Crippen molar-refractivity contribution in [2.75, 3.05) is 5.32 Å². The van der Waals surface area contributed by atoms with Crippen LogP contribution in [-0.2, 0) is 10.7 Å². The zero-order valence-corrected chi connectivity index (χ0v) is 15.6. The van der Waals surface area contributed by atoms with Gasteiger partial charge in [-0.3, -0.25) is 9.78 Å². The van der Waals surface area contributed by atoms with Crippen molar-refractivity contribution >= 4 is 45.5 Å². The summed E-state index contributed by atoms with van der Waals surface area (Å²) in [4.78, 5) is 16.8. The van der Waals surface area contributed by atoms with E-state index in [9.17, 15) is 13.2 Å². The maximum Gasteiger partial charge on any atom is 0.257 e. The Balaban J connectivity index is 1.89. The first kappa shape index (κ1) is 18.4. The number of nitrogens with one attached hydrogen (secondary N) is 1. The van der Waals surface area contributed by atoms with E-state index in [0.29, 0.717) is 22.0 Å². The van der Waals surface area contributed by atoms with Crippen molar-refractivity contribution in [1.82, 2.24) is 4.98 Å². The fourth-order valence-electron chi connectivity index (χ4n) is 2.32. The Labute approximate surface area is 161 Å². The second-order valence-corrected chi connectivity index (χ2v) is 7.13. The highest BCUT2D eigenvalue weighted by Gasteiger charge is 2.13. The maximum atomic E-state index is 12.5. The molecule has 3 rings (SSSR count). The van der Waals surface area contributed by atoms with Crippen molar-refractivity contribution < 1.29 is 13.2 Å². The van der Waals surface area contributed by atoms with Gasteiger partial charge in [-0.15, -0.1) is 0 Å². The molecule has 0 aliphatic carbocycles. The number of aromatic nitrogens is 1. The zero-order valence-electron chi connectivity index (χ0n) is 13.1. The van der Waals surface area contributed by atoms with Crippen LogP contribution in [0.15, 0.2) is 65.7 Å². The molecule has 0 saturated carbocycles. The molecule has 0 saturated heterocycles. The highest BCUT2D eigenvalue weighted by atomic mass is 35.5. The lowest BCUT2D eigenvalue weighted by atomic mass is 10.1. The van der Waals surface area contributed by atoms with Crippen LogP contribution in [0.1, 0.15) is 10.4 Å². The first-order valence-corrected chi connectivity index (χ1v) is 9.35. The van der Waals surface area contributed by atoms with Crippen LogP contribution in [0.3, 0.4) is 0 Å². The smallest absolute Gasteiger partial charge is 0.257 e. The number of hydrogen-bond donors (Lipinski definition) is 2. The Hall–Kier alpha value is -2.41. The Morgan fingerprint density at radius 1 is 0.962 bits per heavy atom. The molecule has 3 aromatic rings. The van der Waals surface area contributed by atoms with Gasteiger partial charge >= 0.3 is 0 Å². The lowest BCUT2D eigenvalue weighted by Crippen LogP contribution is -2.12. The minimum Gasteiger partial charge on any atom is -0.322 e. The molecule has 0 spiro atoms. The average molecular weight is 407 g/mol.